The summed E-state index contributed by atoms with van der Waals surface area (Å²) in [6, 6.07) is 0. The fourth-order valence-electron chi connectivity index (χ4n) is 2.16. The summed E-state index contributed by atoms with van der Waals surface area (Å²) in [4.78, 5) is 0. The molecule has 2 saturated heterocycles. The Morgan fingerprint density at radius 3 is 2.91 bits per heavy atom. The van der Waals surface area contributed by atoms with Gasteiger partial charge in [-0.15, -0.1) is 0 Å². The van der Waals surface area contributed by atoms with Crippen LogP contribution in [0.3, 0.4) is 0 Å². The Bertz CT molecular complexity index is 143. The first kappa shape index (κ1) is 7.50. The van der Waals surface area contributed by atoms with E-state index in [2.05, 4.69) is 10.6 Å². The monoisotopic (exact) mass is 158 g/mol. The van der Waals surface area contributed by atoms with Gasteiger partial charge in [-0.25, -0.2) is 4.39 Å². The first-order valence-corrected chi connectivity index (χ1v) is 4.41. The fraction of sp³-hybridized carbons (Fsp3) is 1.00. The molecule has 11 heavy (non-hydrogen) atoms. The van der Waals surface area contributed by atoms with Crippen molar-refractivity contribution in [2.45, 2.75) is 31.0 Å². The molecule has 3 heteroatoms. The normalized spacial score (nSPS) is 45.0. The minimum Gasteiger partial charge on any atom is -0.315 e. The lowest BCUT2D eigenvalue weighted by molar-refractivity contribution is 0.165. The van der Waals surface area contributed by atoms with Crippen molar-refractivity contribution in [3.8, 4) is 0 Å². The van der Waals surface area contributed by atoms with Gasteiger partial charge in [-0.2, -0.15) is 0 Å². The minimum atomic E-state index is -0.573. The zero-order chi connectivity index (χ0) is 7.73. The van der Waals surface area contributed by atoms with Crippen molar-refractivity contribution in [2.75, 3.05) is 19.6 Å². The van der Waals surface area contributed by atoms with Gasteiger partial charge in [0.25, 0.3) is 0 Å². The van der Waals surface area contributed by atoms with Crippen LogP contribution in [0.15, 0.2) is 0 Å². The molecule has 0 aliphatic carbocycles. The highest BCUT2D eigenvalue weighted by Gasteiger charge is 2.38. The second-order valence-electron chi connectivity index (χ2n) is 3.72. The topological polar surface area (TPSA) is 24.1 Å². The SMILES string of the molecule is FC1CCNC2(CCNC2)C1. The average Bonchev–Trinajstić information content (AvgIpc) is 2.37. The summed E-state index contributed by atoms with van der Waals surface area (Å²) in [6.07, 6.45) is 1.92. The van der Waals surface area contributed by atoms with Crippen LogP contribution in [0.2, 0.25) is 0 Å². The van der Waals surface area contributed by atoms with E-state index in [4.69, 9.17) is 0 Å². The Balaban J connectivity index is 2.00. The molecule has 0 saturated carbocycles. The fourth-order valence-corrected chi connectivity index (χ4v) is 2.16. The van der Waals surface area contributed by atoms with Crippen LogP contribution in [0.4, 0.5) is 4.39 Å². The predicted molar refractivity (Wildman–Crippen MR) is 42.4 cm³/mol. The number of halogens is 1. The number of alkyl halides is 1. The largest absolute Gasteiger partial charge is 0.315 e. The molecular weight excluding hydrogens is 143 g/mol. The Morgan fingerprint density at radius 1 is 1.36 bits per heavy atom. The van der Waals surface area contributed by atoms with Gasteiger partial charge in [-0.05, 0) is 32.4 Å². The highest BCUT2D eigenvalue weighted by atomic mass is 19.1. The third-order valence-corrected chi connectivity index (χ3v) is 2.81. The molecule has 0 radical (unpaired) electrons. The van der Waals surface area contributed by atoms with Gasteiger partial charge in [-0.1, -0.05) is 0 Å². The van der Waals surface area contributed by atoms with Crippen molar-refractivity contribution in [3.05, 3.63) is 0 Å². The lowest BCUT2D eigenvalue weighted by Gasteiger charge is -2.35. The summed E-state index contributed by atoms with van der Waals surface area (Å²) in [7, 11) is 0. The molecule has 64 valence electrons. The molecule has 2 fully saturated rings. The zero-order valence-electron chi connectivity index (χ0n) is 6.70. The molecule has 2 nitrogen and oxygen atoms in total. The molecule has 2 rings (SSSR count). The van der Waals surface area contributed by atoms with E-state index in [1.807, 2.05) is 0 Å². The number of hydrogen-bond acceptors (Lipinski definition) is 2. The van der Waals surface area contributed by atoms with Gasteiger partial charge < -0.3 is 10.6 Å². The number of rotatable bonds is 0. The highest BCUT2D eigenvalue weighted by Crippen LogP contribution is 2.26. The van der Waals surface area contributed by atoms with Crippen LogP contribution in [0.25, 0.3) is 0 Å². The van der Waals surface area contributed by atoms with Crippen LogP contribution in [0.1, 0.15) is 19.3 Å². The zero-order valence-corrected chi connectivity index (χ0v) is 6.70. The van der Waals surface area contributed by atoms with Crippen LogP contribution in [-0.4, -0.2) is 31.3 Å². The van der Waals surface area contributed by atoms with E-state index in [0.717, 1.165) is 26.1 Å². The van der Waals surface area contributed by atoms with Gasteiger partial charge in [0.2, 0.25) is 0 Å². The summed E-state index contributed by atoms with van der Waals surface area (Å²) in [5, 5.41) is 6.70. The van der Waals surface area contributed by atoms with Crippen LogP contribution in [0, 0.1) is 0 Å². The molecule has 2 aliphatic rings. The molecule has 2 unspecified atom stereocenters. The van der Waals surface area contributed by atoms with Gasteiger partial charge in [0.15, 0.2) is 0 Å². The van der Waals surface area contributed by atoms with Crippen LogP contribution >= 0.6 is 0 Å². The first-order valence-electron chi connectivity index (χ1n) is 4.41. The van der Waals surface area contributed by atoms with Gasteiger partial charge in [0.1, 0.15) is 6.17 Å². The summed E-state index contributed by atoms with van der Waals surface area (Å²) in [6.45, 7) is 2.84. The van der Waals surface area contributed by atoms with E-state index in [0.29, 0.717) is 12.8 Å². The first-order chi connectivity index (χ1) is 5.31. The Kier molecular flexibility index (Phi) is 1.85. The Morgan fingerprint density at radius 2 is 2.27 bits per heavy atom. The Labute approximate surface area is 66.5 Å². The smallest absolute Gasteiger partial charge is 0.103 e. The summed E-state index contributed by atoms with van der Waals surface area (Å²) in [5.41, 5.74) is 0.109. The maximum absolute atomic E-state index is 13.0. The van der Waals surface area contributed by atoms with Gasteiger partial charge in [-0.3, -0.25) is 0 Å². The third-order valence-electron chi connectivity index (χ3n) is 2.81. The maximum Gasteiger partial charge on any atom is 0.103 e. The molecule has 0 aromatic carbocycles. The summed E-state index contributed by atoms with van der Waals surface area (Å²) in [5.74, 6) is 0. The van der Waals surface area contributed by atoms with E-state index in [-0.39, 0.29) is 5.54 Å². The molecular formula is C8H15FN2. The maximum atomic E-state index is 13.0. The van der Waals surface area contributed by atoms with E-state index >= 15 is 0 Å². The quantitative estimate of drug-likeness (QED) is 0.534. The second-order valence-corrected chi connectivity index (χ2v) is 3.72. The van der Waals surface area contributed by atoms with Gasteiger partial charge >= 0.3 is 0 Å². The molecule has 1 spiro atoms. The van der Waals surface area contributed by atoms with E-state index in [1.54, 1.807) is 0 Å². The van der Waals surface area contributed by atoms with Crippen molar-refractivity contribution in [2.24, 2.45) is 0 Å². The standard InChI is InChI=1S/C8H15FN2/c9-7-1-3-11-8(5-7)2-4-10-6-8/h7,10-11H,1-6H2. The number of hydrogen-bond donors (Lipinski definition) is 2. The molecule has 2 atom stereocenters. The molecule has 2 heterocycles. The molecule has 0 aromatic rings. The molecule has 0 bridgehead atoms. The van der Waals surface area contributed by atoms with E-state index in [9.17, 15) is 4.39 Å². The second kappa shape index (κ2) is 2.72. The van der Waals surface area contributed by atoms with E-state index < -0.39 is 6.17 Å². The van der Waals surface area contributed by atoms with Crippen molar-refractivity contribution in [1.29, 1.82) is 0 Å². The molecule has 2 N–H and O–H groups in total. The average molecular weight is 158 g/mol. The number of nitrogens with one attached hydrogen (secondary N) is 2. The summed E-state index contributed by atoms with van der Waals surface area (Å²) >= 11 is 0. The molecule has 0 aromatic heterocycles. The van der Waals surface area contributed by atoms with Gasteiger partial charge in [0.05, 0.1) is 0 Å². The van der Waals surface area contributed by atoms with Crippen molar-refractivity contribution in [1.82, 2.24) is 10.6 Å². The van der Waals surface area contributed by atoms with Crippen molar-refractivity contribution in [3.63, 3.8) is 0 Å². The lowest BCUT2D eigenvalue weighted by atomic mass is 9.87. The van der Waals surface area contributed by atoms with Crippen molar-refractivity contribution < 1.29 is 4.39 Å². The molecule has 0 amide bonds. The minimum absolute atomic E-state index is 0.109. The van der Waals surface area contributed by atoms with Crippen LogP contribution < -0.4 is 10.6 Å². The van der Waals surface area contributed by atoms with Crippen LogP contribution in [0.5, 0.6) is 0 Å². The molecule has 2 aliphatic heterocycles. The predicted octanol–water partition coefficient (Wildman–Crippen LogP) is 0.440. The van der Waals surface area contributed by atoms with E-state index in [1.165, 1.54) is 0 Å². The van der Waals surface area contributed by atoms with Gasteiger partial charge in [0, 0.05) is 12.1 Å². The van der Waals surface area contributed by atoms with Crippen molar-refractivity contribution >= 4 is 0 Å². The summed E-state index contributed by atoms with van der Waals surface area (Å²) < 4.78 is 13.0. The lowest BCUT2D eigenvalue weighted by Crippen LogP contribution is -2.53. The number of piperidine rings is 1. The highest BCUT2D eigenvalue weighted by molar-refractivity contribution is 4.99. The third kappa shape index (κ3) is 1.40. The Hall–Kier alpha value is -0.150. The van der Waals surface area contributed by atoms with Crippen LogP contribution in [-0.2, 0) is 0 Å².